The van der Waals surface area contributed by atoms with Gasteiger partial charge in [-0.05, 0) is 24.6 Å². The Morgan fingerprint density at radius 1 is 1.50 bits per heavy atom. The topological polar surface area (TPSA) is 49.8 Å². The molecule has 0 unspecified atom stereocenters. The van der Waals surface area contributed by atoms with E-state index >= 15 is 0 Å². The maximum atomic E-state index is 8.77. The largest absolute Gasteiger partial charge is 0.441 e. The van der Waals surface area contributed by atoms with Crippen molar-refractivity contribution in [2.45, 2.75) is 19.8 Å². The second kappa shape index (κ2) is 3.15. The van der Waals surface area contributed by atoms with Gasteiger partial charge in [-0.1, -0.05) is 6.07 Å². The molecule has 14 heavy (non-hydrogen) atoms. The van der Waals surface area contributed by atoms with Crippen LogP contribution < -0.4 is 0 Å². The molecule has 2 rings (SSSR count). The van der Waals surface area contributed by atoms with E-state index in [1.807, 2.05) is 32.0 Å². The van der Waals surface area contributed by atoms with Gasteiger partial charge in [0.15, 0.2) is 11.5 Å². The fraction of sp³-hybridized carbons (Fsp3) is 0.273. The number of oxazole rings is 1. The number of fused-ring (bicyclic) bond motifs is 1. The second-order valence-corrected chi connectivity index (χ2v) is 3.31. The fourth-order valence-electron chi connectivity index (χ4n) is 1.40. The zero-order chi connectivity index (χ0) is 10.1. The van der Waals surface area contributed by atoms with Crippen LogP contribution in [0, 0.1) is 18.3 Å². The molecule has 0 amide bonds. The molecule has 3 heteroatoms. The van der Waals surface area contributed by atoms with E-state index < -0.39 is 0 Å². The van der Waals surface area contributed by atoms with E-state index in [4.69, 9.17) is 9.68 Å². The van der Waals surface area contributed by atoms with Gasteiger partial charge in [-0.25, -0.2) is 4.98 Å². The third-order valence-electron chi connectivity index (χ3n) is 2.21. The molecule has 1 heterocycles. The SMILES string of the molecule is Cc1nc2cc([C@@H](C)C#N)ccc2o1. The molecular formula is C11H10N2O. The number of benzene rings is 1. The van der Waals surface area contributed by atoms with Crippen molar-refractivity contribution in [3.05, 3.63) is 29.7 Å². The molecule has 0 saturated carbocycles. The summed E-state index contributed by atoms with van der Waals surface area (Å²) in [4.78, 5) is 4.21. The summed E-state index contributed by atoms with van der Waals surface area (Å²) in [6.45, 7) is 3.68. The van der Waals surface area contributed by atoms with Gasteiger partial charge in [0.2, 0.25) is 0 Å². The van der Waals surface area contributed by atoms with Gasteiger partial charge in [0.25, 0.3) is 0 Å². The lowest BCUT2D eigenvalue weighted by Crippen LogP contribution is -1.88. The van der Waals surface area contributed by atoms with Gasteiger partial charge in [-0.3, -0.25) is 0 Å². The molecule has 0 saturated heterocycles. The first-order valence-electron chi connectivity index (χ1n) is 4.47. The highest BCUT2D eigenvalue weighted by molar-refractivity contribution is 5.73. The number of rotatable bonds is 1. The van der Waals surface area contributed by atoms with Crippen LogP contribution in [0.25, 0.3) is 11.1 Å². The van der Waals surface area contributed by atoms with Crippen molar-refractivity contribution in [1.82, 2.24) is 4.98 Å². The summed E-state index contributed by atoms with van der Waals surface area (Å²) in [6.07, 6.45) is 0. The first-order valence-corrected chi connectivity index (χ1v) is 4.47. The number of nitriles is 1. The van der Waals surface area contributed by atoms with E-state index in [0.717, 1.165) is 16.7 Å². The summed E-state index contributed by atoms with van der Waals surface area (Å²) >= 11 is 0. The zero-order valence-electron chi connectivity index (χ0n) is 8.11. The second-order valence-electron chi connectivity index (χ2n) is 3.31. The lowest BCUT2D eigenvalue weighted by atomic mass is 10.0. The first kappa shape index (κ1) is 8.76. The number of hydrogen-bond donors (Lipinski definition) is 0. The van der Waals surface area contributed by atoms with E-state index in [2.05, 4.69) is 11.1 Å². The number of aryl methyl sites for hydroxylation is 1. The third-order valence-corrected chi connectivity index (χ3v) is 2.21. The Hall–Kier alpha value is -1.82. The van der Waals surface area contributed by atoms with Gasteiger partial charge in [0, 0.05) is 6.92 Å². The Labute approximate surface area is 82.0 Å². The van der Waals surface area contributed by atoms with Gasteiger partial charge >= 0.3 is 0 Å². The standard InChI is InChI=1S/C11H10N2O/c1-7(6-12)9-3-4-11-10(5-9)13-8(2)14-11/h3-5,7H,1-2H3/t7-/m0/s1. The van der Waals surface area contributed by atoms with Crippen LogP contribution in [0.1, 0.15) is 24.3 Å². The summed E-state index contributed by atoms with van der Waals surface area (Å²) in [5, 5.41) is 8.77. The Morgan fingerprint density at radius 3 is 3.00 bits per heavy atom. The van der Waals surface area contributed by atoms with Crippen LogP contribution in [0.3, 0.4) is 0 Å². The van der Waals surface area contributed by atoms with Gasteiger partial charge < -0.3 is 4.42 Å². The maximum absolute atomic E-state index is 8.77. The van der Waals surface area contributed by atoms with Crippen LogP contribution in [0.4, 0.5) is 0 Å². The lowest BCUT2D eigenvalue weighted by molar-refractivity contribution is 0.561. The van der Waals surface area contributed by atoms with Gasteiger partial charge in [-0.15, -0.1) is 0 Å². The lowest BCUT2D eigenvalue weighted by Gasteiger charge is -2.00. The van der Waals surface area contributed by atoms with Crippen molar-refractivity contribution in [2.75, 3.05) is 0 Å². The smallest absolute Gasteiger partial charge is 0.192 e. The molecule has 0 aliphatic rings. The Bertz CT molecular complexity index is 507. The number of nitrogens with zero attached hydrogens (tertiary/aromatic N) is 2. The van der Waals surface area contributed by atoms with Crippen LogP contribution >= 0.6 is 0 Å². The molecule has 0 aliphatic carbocycles. The van der Waals surface area contributed by atoms with Crippen LogP contribution in [-0.4, -0.2) is 4.98 Å². The summed E-state index contributed by atoms with van der Waals surface area (Å²) in [5.41, 5.74) is 2.58. The first-order chi connectivity index (χ1) is 6.70. The van der Waals surface area contributed by atoms with Crippen LogP contribution in [0.5, 0.6) is 0 Å². The van der Waals surface area contributed by atoms with E-state index in [0.29, 0.717) is 5.89 Å². The van der Waals surface area contributed by atoms with E-state index in [-0.39, 0.29) is 5.92 Å². The van der Waals surface area contributed by atoms with Crippen molar-refractivity contribution in [1.29, 1.82) is 5.26 Å². The van der Waals surface area contributed by atoms with Crippen molar-refractivity contribution < 1.29 is 4.42 Å². The molecule has 0 aliphatic heterocycles. The van der Waals surface area contributed by atoms with E-state index in [1.54, 1.807) is 0 Å². The van der Waals surface area contributed by atoms with Crippen LogP contribution in [0.2, 0.25) is 0 Å². The monoisotopic (exact) mass is 186 g/mol. The van der Waals surface area contributed by atoms with Gasteiger partial charge in [-0.2, -0.15) is 5.26 Å². The predicted octanol–water partition coefficient (Wildman–Crippen LogP) is 2.76. The highest BCUT2D eigenvalue weighted by atomic mass is 16.3. The molecule has 0 bridgehead atoms. The molecule has 1 aromatic heterocycles. The minimum atomic E-state index is -0.101. The molecule has 3 nitrogen and oxygen atoms in total. The quantitative estimate of drug-likeness (QED) is 0.688. The highest BCUT2D eigenvalue weighted by Gasteiger charge is 2.07. The zero-order valence-corrected chi connectivity index (χ0v) is 8.11. The summed E-state index contributed by atoms with van der Waals surface area (Å²) < 4.78 is 5.34. The fourth-order valence-corrected chi connectivity index (χ4v) is 1.40. The third kappa shape index (κ3) is 1.35. The van der Waals surface area contributed by atoms with Gasteiger partial charge in [0.05, 0.1) is 12.0 Å². The van der Waals surface area contributed by atoms with Crippen molar-refractivity contribution in [2.24, 2.45) is 0 Å². The number of aromatic nitrogens is 1. The molecule has 1 aromatic carbocycles. The van der Waals surface area contributed by atoms with E-state index in [9.17, 15) is 0 Å². The van der Waals surface area contributed by atoms with Gasteiger partial charge in [0.1, 0.15) is 5.52 Å². The molecule has 1 atom stereocenters. The molecule has 70 valence electrons. The van der Waals surface area contributed by atoms with Crippen molar-refractivity contribution in [3.8, 4) is 6.07 Å². The van der Waals surface area contributed by atoms with Crippen LogP contribution in [0.15, 0.2) is 22.6 Å². The maximum Gasteiger partial charge on any atom is 0.192 e. The molecule has 0 spiro atoms. The summed E-state index contributed by atoms with van der Waals surface area (Å²) in [6, 6.07) is 7.86. The predicted molar refractivity (Wildman–Crippen MR) is 52.8 cm³/mol. The Balaban J connectivity index is 2.57. The van der Waals surface area contributed by atoms with Crippen LogP contribution in [-0.2, 0) is 0 Å². The molecule has 0 radical (unpaired) electrons. The Morgan fingerprint density at radius 2 is 2.29 bits per heavy atom. The summed E-state index contributed by atoms with van der Waals surface area (Å²) in [5.74, 6) is 0.554. The highest BCUT2D eigenvalue weighted by Crippen LogP contribution is 2.21. The number of hydrogen-bond acceptors (Lipinski definition) is 3. The van der Waals surface area contributed by atoms with Crippen molar-refractivity contribution in [3.63, 3.8) is 0 Å². The average Bonchev–Trinajstić information content (AvgIpc) is 2.55. The Kier molecular flexibility index (Phi) is 1.97. The molecule has 2 aromatic rings. The average molecular weight is 186 g/mol. The molecule has 0 fully saturated rings. The van der Waals surface area contributed by atoms with Crippen molar-refractivity contribution >= 4 is 11.1 Å². The normalized spacial score (nSPS) is 12.6. The minimum Gasteiger partial charge on any atom is -0.441 e. The molecular weight excluding hydrogens is 176 g/mol. The molecule has 0 N–H and O–H groups in total. The minimum absolute atomic E-state index is 0.101. The van der Waals surface area contributed by atoms with E-state index in [1.165, 1.54) is 0 Å². The summed E-state index contributed by atoms with van der Waals surface area (Å²) in [7, 11) is 0.